The van der Waals surface area contributed by atoms with Crippen molar-refractivity contribution in [2.75, 3.05) is 18.5 Å². The Balaban J connectivity index is 1.59. The van der Waals surface area contributed by atoms with E-state index in [1.54, 1.807) is 6.07 Å². The zero-order valence-corrected chi connectivity index (χ0v) is 18.1. The molecule has 0 radical (unpaired) electrons. The van der Waals surface area contributed by atoms with Crippen LogP contribution in [0.2, 0.25) is 0 Å². The van der Waals surface area contributed by atoms with E-state index in [-0.39, 0.29) is 11.7 Å². The van der Waals surface area contributed by atoms with Crippen LogP contribution in [0.1, 0.15) is 29.8 Å². The van der Waals surface area contributed by atoms with E-state index in [4.69, 9.17) is 17.0 Å². The molecule has 0 saturated carbocycles. The summed E-state index contributed by atoms with van der Waals surface area (Å²) >= 11 is 5.75. The maximum absolute atomic E-state index is 12.5. The van der Waals surface area contributed by atoms with Crippen molar-refractivity contribution >= 4 is 33.9 Å². The molecule has 1 aliphatic heterocycles. The molecule has 1 saturated heterocycles. The van der Waals surface area contributed by atoms with Crippen molar-refractivity contribution in [1.82, 2.24) is 14.9 Å². The zero-order valence-electron chi connectivity index (χ0n) is 17.3. The Morgan fingerprint density at radius 1 is 1.27 bits per heavy atom. The number of fused-ring (bicyclic) bond motifs is 1. The number of nitrogens with one attached hydrogen (secondary N) is 2. The van der Waals surface area contributed by atoms with Gasteiger partial charge in [0.15, 0.2) is 5.11 Å². The summed E-state index contributed by atoms with van der Waals surface area (Å²) in [6.07, 6.45) is 2.18. The highest BCUT2D eigenvalue weighted by Crippen LogP contribution is 2.18. The highest BCUT2D eigenvalue weighted by Gasteiger charge is 2.22. The van der Waals surface area contributed by atoms with E-state index in [0.717, 1.165) is 25.1 Å². The molecule has 2 aromatic carbocycles. The van der Waals surface area contributed by atoms with Gasteiger partial charge < -0.3 is 19.9 Å². The zero-order chi connectivity index (χ0) is 21.1. The van der Waals surface area contributed by atoms with Crippen LogP contribution in [0.15, 0.2) is 47.3 Å². The molecule has 2 heterocycles. The molecular weight excluding hydrogens is 396 g/mol. The lowest BCUT2D eigenvalue weighted by Crippen LogP contribution is -2.40. The van der Waals surface area contributed by atoms with Gasteiger partial charge >= 0.3 is 0 Å². The van der Waals surface area contributed by atoms with Gasteiger partial charge in [0, 0.05) is 18.8 Å². The first-order valence-corrected chi connectivity index (χ1v) is 10.6. The van der Waals surface area contributed by atoms with Crippen LogP contribution >= 0.6 is 12.2 Å². The number of ether oxygens (including phenoxy) is 1. The molecule has 1 fully saturated rings. The molecule has 30 heavy (non-hydrogen) atoms. The molecule has 1 atom stereocenters. The maximum Gasteiger partial charge on any atom is 0.258 e. The van der Waals surface area contributed by atoms with Crippen molar-refractivity contribution in [2.45, 2.75) is 39.3 Å². The van der Waals surface area contributed by atoms with Crippen LogP contribution in [0.4, 0.5) is 5.69 Å². The number of aryl methyl sites for hydroxylation is 2. The van der Waals surface area contributed by atoms with E-state index in [1.807, 2.05) is 23.1 Å². The minimum absolute atomic E-state index is 0.121. The number of para-hydroxylation sites is 1. The molecule has 0 amide bonds. The average Bonchev–Trinajstić information content (AvgIpc) is 3.20. The van der Waals surface area contributed by atoms with E-state index in [0.29, 0.717) is 34.9 Å². The normalized spacial score (nSPS) is 16.0. The van der Waals surface area contributed by atoms with Crippen molar-refractivity contribution in [3.05, 3.63) is 69.8 Å². The van der Waals surface area contributed by atoms with Crippen LogP contribution in [-0.2, 0) is 11.3 Å². The minimum atomic E-state index is -0.138. The molecule has 0 unspecified atom stereocenters. The topological polar surface area (TPSA) is 70.2 Å². The quantitative estimate of drug-likeness (QED) is 0.608. The summed E-state index contributed by atoms with van der Waals surface area (Å²) in [5, 5.41) is 4.53. The van der Waals surface area contributed by atoms with E-state index < -0.39 is 0 Å². The molecule has 2 N–H and O–H groups in total. The third-order valence-electron chi connectivity index (χ3n) is 5.21. The van der Waals surface area contributed by atoms with Crippen molar-refractivity contribution in [3.8, 4) is 0 Å². The summed E-state index contributed by atoms with van der Waals surface area (Å²) in [6, 6.07) is 13.6. The molecule has 7 heteroatoms. The SMILES string of the molecule is Cc1cc(C)cc(NC(=S)N(Cc2nc3ccccc3c(=O)[nH]2)C[C@H]2CCCO2)c1. The second-order valence-corrected chi connectivity index (χ2v) is 8.24. The molecule has 0 spiro atoms. The molecule has 0 aliphatic carbocycles. The second kappa shape index (κ2) is 8.93. The predicted octanol–water partition coefficient (Wildman–Crippen LogP) is 3.92. The number of H-pyrrole nitrogens is 1. The number of hydrogen-bond donors (Lipinski definition) is 2. The first-order chi connectivity index (χ1) is 14.5. The highest BCUT2D eigenvalue weighted by atomic mass is 32.1. The van der Waals surface area contributed by atoms with Gasteiger partial charge in [0.25, 0.3) is 5.56 Å². The van der Waals surface area contributed by atoms with Gasteiger partial charge in [0.05, 0.1) is 23.6 Å². The molecule has 156 valence electrons. The van der Waals surface area contributed by atoms with Gasteiger partial charge in [-0.2, -0.15) is 0 Å². The monoisotopic (exact) mass is 422 g/mol. The number of nitrogens with zero attached hydrogens (tertiary/aromatic N) is 2. The van der Waals surface area contributed by atoms with E-state index in [1.165, 1.54) is 11.1 Å². The molecule has 3 aromatic rings. The first kappa shape index (κ1) is 20.5. The van der Waals surface area contributed by atoms with E-state index in [2.05, 4.69) is 47.3 Å². The van der Waals surface area contributed by atoms with Gasteiger partial charge in [-0.25, -0.2) is 4.98 Å². The largest absolute Gasteiger partial charge is 0.376 e. The Bertz CT molecular complexity index is 1100. The maximum atomic E-state index is 12.5. The summed E-state index contributed by atoms with van der Waals surface area (Å²) in [5.74, 6) is 0.585. The Morgan fingerprint density at radius 3 is 2.77 bits per heavy atom. The fourth-order valence-electron chi connectivity index (χ4n) is 3.89. The second-order valence-electron chi connectivity index (χ2n) is 7.85. The number of hydrogen-bond acceptors (Lipinski definition) is 4. The van der Waals surface area contributed by atoms with Gasteiger partial charge in [-0.05, 0) is 74.3 Å². The van der Waals surface area contributed by atoms with Crippen LogP contribution < -0.4 is 10.9 Å². The summed E-state index contributed by atoms with van der Waals surface area (Å²) in [7, 11) is 0. The van der Waals surface area contributed by atoms with Gasteiger partial charge in [0.2, 0.25) is 0 Å². The summed E-state index contributed by atoms with van der Waals surface area (Å²) in [6.45, 7) is 5.95. The fourth-order valence-corrected chi connectivity index (χ4v) is 4.15. The van der Waals surface area contributed by atoms with Gasteiger partial charge in [-0.3, -0.25) is 4.79 Å². The van der Waals surface area contributed by atoms with Crippen LogP contribution in [-0.4, -0.2) is 39.2 Å². The fraction of sp³-hybridized carbons (Fsp3) is 0.348. The number of benzene rings is 2. The third-order valence-corrected chi connectivity index (χ3v) is 5.57. The summed E-state index contributed by atoms with van der Waals surface area (Å²) < 4.78 is 5.83. The first-order valence-electron chi connectivity index (χ1n) is 10.2. The lowest BCUT2D eigenvalue weighted by atomic mass is 10.1. The van der Waals surface area contributed by atoms with E-state index in [9.17, 15) is 4.79 Å². The van der Waals surface area contributed by atoms with Crippen molar-refractivity contribution in [2.24, 2.45) is 0 Å². The number of aromatic nitrogens is 2. The van der Waals surface area contributed by atoms with Gasteiger partial charge in [-0.15, -0.1) is 0 Å². The number of thiocarbonyl (C=S) groups is 1. The van der Waals surface area contributed by atoms with E-state index >= 15 is 0 Å². The van der Waals surface area contributed by atoms with Crippen LogP contribution in [0.3, 0.4) is 0 Å². The number of anilines is 1. The lowest BCUT2D eigenvalue weighted by Gasteiger charge is -2.28. The highest BCUT2D eigenvalue weighted by molar-refractivity contribution is 7.80. The molecule has 1 aromatic heterocycles. The average molecular weight is 423 g/mol. The smallest absolute Gasteiger partial charge is 0.258 e. The molecule has 0 bridgehead atoms. The molecule has 6 nitrogen and oxygen atoms in total. The van der Waals surface area contributed by atoms with Crippen LogP contribution in [0.5, 0.6) is 0 Å². The Morgan fingerprint density at radius 2 is 2.03 bits per heavy atom. The number of aromatic amines is 1. The Kier molecular flexibility index (Phi) is 6.11. The van der Waals surface area contributed by atoms with Crippen molar-refractivity contribution in [1.29, 1.82) is 0 Å². The minimum Gasteiger partial charge on any atom is -0.376 e. The Labute approximate surface area is 181 Å². The van der Waals surface area contributed by atoms with Gasteiger partial charge in [-0.1, -0.05) is 18.2 Å². The summed E-state index contributed by atoms with van der Waals surface area (Å²) in [4.78, 5) is 22.0. The van der Waals surface area contributed by atoms with Crippen molar-refractivity contribution in [3.63, 3.8) is 0 Å². The third kappa shape index (κ3) is 4.86. The molecular formula is C23H26N4O2S. The van der Waals surface area contributed by atoms with Crippen LogP contribution in [0.25, 0.3) is 10.9 Å². The molecule has 1 aliphatic rings. The predicted molar refractivity (Wildman–Crippen MR) is 124 cm³/mol. The van der Waals surface area contributed by atoms with Gasteiger partial charge in [0.1, 0.15) is 5.82 Å². The lowest BCUT2D eigenvalue weighted by molar-refractivity contribution is 0.0900. The molecule has 4 rings (SSSR count). The van der Waals surface area contributed by atoms with Crippen molar-refractivity contribution < 1.29 is 4.74 Å². The Hall–Kier alpha value is -2.77. The summed E-state index contributed by atoms with van der Waals surface area (Å²) in [5.41, 5.74) is 3.84. The van der Waals surface area contributed by atoms with Crippen LogP contribution in [0, 0.1) is 13.8 Å². The number of rotatable bonds is 5. The standard InChI is InChI=1S/C23H26N4O2S/c1-15-10-16(2)12-17(11-15)24-23(30)27(13-18-6-5-9-29-18)14-21-25-20-8-4-3-7-19(20)22(28)26-21/h3-4,7-8,10-12,18H,5-6,9,13-14H2,1-2H3,(H,24,30)(H,25,26,28)/t18-/m1/s1.